The zero-order chi connectivity index (χ0) is 22.2. The molecule has 6 nitrogen and oxygen atoms in total. The molecule has 2 aromatic carbocycles. The van der Waals surface area contributed by atoms with Gasteiger partial charge in [0.2, 0.25) is 0 Å². The highest BCUT2D eigenvalue weighted by molar-refractivity contribution is 7.91. The molecule has 1 aliphatic heterocycles. The van der Waals surface area contributed by atoms with E-state index in [1.54, 1.807) is 12.1 Å². The fourth-order valence-electron chi connectivity index (χ4n) is 3.52. The van der Waals surface area contributed by atoms with Crippen molar-refractivity contribution in [3.8, 4) is 0 Å². The average molecular weight is 467 g/mol. The molecule has 1 fully saturated rings. The van der Waals surface area contributed by atoms with Crippen molar-refractivity contribution in [1.29, 1.82) is 0 Å². The first-order valence-electron chi connectivity index (χ1n) is 9.81. The Hall–Kier alpha value is -2.43. The van der Waals surface area contributed by atoms with Crippen LogP contribution in [0.25, 0.3) is 10.2 Å². The Morgan fingerprint density at radius 3 is 2.77 bits per heavy atom. The standard InChI is InChI=1S/C21H20F2N2O4S2/c1-2-31(27,28)18-8-4-3-7-15(18)20(26)25(12-14-6-5-9-29-14)21-24-19-16(23)10-13(22)11-17(19)30-21/h3-4,7-8,10-11,14H,2,5-6,9,12H2,1H3. The van der Waals surface area contributed by atoms with Crippen LogP contribution in [0.1, 0.15) is 30.1 Å². The summed E-state index contributed by atoms with van der Waals surface area (Å²) in [5.41, 5.74) is -0.0331. The van der Waals surface area contributed by atoms with Crippen molar-refractivity contribution in [2.75, 3.05) is 23.8 Å². The van der Waals surface area contributed by atoms with E-state index in [2.05, 4.69) is 4.98 Å². The number of halogens is 2. The van der Waals surface area contributed by atoms with Crippen LogP contribution in [0.5, 0.6) is 0 Å². The number of carbonyl (C=O) groups is 1. The maximum atomic E-state index is 14.2. The highest BCUT2D eigenvalue weighted by atomic mass is 32.2. The van der Waals surface area contributed by atoms with Gasteiger partial charge in [0.05, 0.1) is 33.6 Å². The monoisotopic (exact) mass is 466 g/mol. The first kappa shape index (κ1) is 21.8. The summed E-state index contributed by atoms with van der Waals surface area (Å²) in [5, 5.41) is 0.156. The van der Waals surface area contributed by atoms with Gasteiger partial charge in [0.1, 0.15) is 11.3 Å². The third kappa shape index (κ3) is 4.32. The van der Waals surface area contributed by atoms with Gasteiger partial charge in [0.25, 0.3) is 5.91 Å². The second-order valence-electron chi connectivity index (χ2n) is 7.18. The number of aromatic nitrogens is 1. The molecule has 4 rings (SSSR count). The highest BCUT2D eigenvalue weighted by Gasteiger charge is 2.30. The molecule has 3 aromatic rings. The summed E-state index contributed by atoms with van der Waals surface area (Å²) in [7, 11) is -3.66. The predicted molar refractivity (Wildman–Crippen MR) is 114 cm³/mol. The molecule has 10 heteroatoms. The van der Waals surface area contributed by atoms with E-state index in [1.807, 2.05) is 0 Å². The molecule has 1 aliphatic rings. The normalized spacial score (nSPS) is 16.7. The maximum absolute atomic E-state index is 14.2. The molecular formula is C21H20F2N2O4S2. The SMILES string of the molecule is CCS(=O)(=O)c1ccccc1C(=O)N(CC1CCCO1)c1nc2c(F)cc(F)cc2s1. The number of sulfone groups is 1. The first-order chi connectivity index (χ1) is 14.8. The van der Waals surface area contributed by atoms with Crippen LogP contribution in [0.2, 0.25) is 0 Å². The van der Waals surface area contributed by atoms with E-state index >= 15 is 0 Å². The van der Waals surface area contributed by atoms with Crippen LogP contribution >= 0.6 is 11.3 Å². The molecule has 1 saturated heterocycles. The minimum atomic E-state index is -3.66. The molecule has 164 valence electrons. The maximum Gasteiger partial charge on any atom is 0.261 e. The quantitative estimate of drug-likeness (QED) is 0.544. The number of hydrogen-bond donors (Lipinski definition) is 0. The number of fused-ring (bicyclic) bond motifs is 1. The summed E-state index contributed by atoms with van der Waals surface area (Å²) < 4.78 is 58.9. The van der Waals surface area contributed by atoms with Crippen LogP contribution in [0.15, 0.2) is 41.3 Å². The van der Waals surface area contributed by atoms with E-state index in [1.165, 1.54) is 24.0 Å². The Kier molecular flexibility index (Phi) is 6.05. The summed E-state index contributed by atoms with van der Waals surface area (Å²) in [5.74, 6) is -2.30. The number of rotatable bonds is 6. The lowest BCUT2D eigenvalue weighted by Crippen LogP contribution is -2.38. The number of nitrogens with zero attached hydrogens (tertiary/aromatic N) is 2. The van der Waals surface area contributed by atoms with Gasteiger partial charge < -0.3 is 4.74 Å². The van der Waals surface area contributed by atoms with Crippen molar-refractivity contribution >= 4 is 42.4 Å². The highest BCUT2D eigenvalue weighted by Crippen LogP contribution is 2.33. The molecule has 0 radical (unpaired) electrons. The Morgan fingerprint density at radius 1 is 1.29 bits per heavy atom. The molecule has 1 amide bonds. The average Bonchev–Trinajstić information content (AvgIpc) is 3.41. The summed E-state index contributed by atoms with van der Waals surface area (Å²) >= 11 is 0.968. The van der Waals surface area contributed by atoms with Crippen molar-refractivity contribution < 1.29 is 26.7 Å². The van der Waals surface area contributed by atoms with Gasteiger partial charge in [-0.2, -0.15) is 0 Å². The van der Waals surface area contributed by atoms with Gasteiger partial charge in [-0.25, -0.2) is 22.2 Å². The van der Waals surface area contributed by atoms with Crippen LogP contribution in [-0.4, -0.2) is 44.3 Å². The van der Waals surface area contributed by atoms with Gasteiger partial charge in [0, 0.05) is 12.7 Å². The van der Waals surface area contributed by atoms with E-state index in [9.17, 15) is 22.0 Å². The Balaban J connectivity index is 1.81. The van der Waals surface area contributed by atoms with E-state index in [0.29, 0.717) is 6.61 Å². The smallest absolute Gasteiger partial charge is 0.261 e. The zero-order valence-corrected chi connectivity index (χ0v) is 18.3. The van der Waals surface area contributed by atoms with Crippen molar-refractivity contribution in [1.82, 2.24) is 4.98 Å². The fourth-order valence-corrected chi connectivity index (χ4v) is 5.62. The van der Waals surface area contributed by atoms with Crippen molar-refractivity contribution in [2.45, 2.75) is 30.8 Å². The molecule has 0 saturated carbocycles. The second-order valence-corrected chi connectivity index (χ2v) is 10.4. The van der Waals surface area contributed by atoms with Gasteiger partial charge in [-0.15, -0.1) is 0 Å². The van der Waals surface area contributed by atoms with Gasteiger partial charge in [-0.1, -0.05) is 30.4 Å². The van der Waals surface area contributed by atoms with E-state index in [-0.39, 0.29) is 44.2 Å². The second kappa shape index (κ2) is 8.60. The number of hydrogen-bond acceptors (Lipinski definition) is 6. The van der Waals surface area contributed by atoms with Crippen molar-refractivity contribution in [3.05, 3.63) is 53.6 Å². The molecule has 1 unspecified atom stereocenters. The number of amides is 1. The Bertz CT molecular complexity index is 1240. The first-order valence-corrected chi connectivity index (χ1v) is 12.3. The zero-order valence-electron chi connectivity index (χ0n) is 16.7. The third-order valence-corrected chi connectivity index (χ3v) is 7.93. The van der Waals surface area contributed by atoms with Gasteiger partial charge in [-0.3, -0.25) is 9.69 Å². The van der Waals surface area contributed by atoms with Gasteiger partial charge >= 0.3 is 0 Å². The Labute approximate surface area is 182 Å². The molecule has 0 spiro atoms. The van der Waals surface area contributed by atoms with Crippen molar-refractivity contribution in [2.24, 2.45) is 0 Å². The lowest BCUT2D eigenvalue weighted by atomic mass is 10.1. The topological polar surface area (TPSA) is 76.6 Å². The van der Waals surface area contributed by atoms with Crippen LogP contribution in [0.4, 0.5) is 13.9 Å². The summed E-state index contributed by atoms with van der Waals surface area (Å²) in [6.07, 6.45) is 1.31. The van der Waals surface area contributed by atoms with E-state index in [4.69, 9.17) is 4.74 Å². The molecule has 1 aromatic heterocycles. The molecule has 1 atom stereocenters. The minimum Gasteiger partial charge on any atom is -0.376 e. The van der Waals surface area contributed by atoms with Crippen molar-refractivity contribution in [3.63, 3.8) is 0 Å². The Morgan fingerprint density at radius 2 is 2.06 bits per heavy atom. The van der Waals surface area contributed by atoms with Gasteiger partial charge in [-0.05, 0) is 31.0 Å². The van der Waals surface area contributed by atoms with E-state index in [0.717, 1.165) is 36.3 Å². The van der Waals surface area contributed by atoms with Crippen LogP contribution < -0.4 is 4.90 Å². The van der Waals surface area contributed by atoms with Gasteiger partial charge in [0.15, 0.2) is 20.8 Å². The fraction of sp³-hybridized carbons (Fsp3) is 0.333. The number of benzene rings is 2. The number of thiazole rings is 1. The molecule has 0 aliphatic carbocycles. The number of ether oxygens (including phenoxy) is 1. The van der Waals surface area contributed by atoms with Crippen LogP contribution in [0, 0.1) is 11.6 Å². The number of carbonyl (C=O) groups excluding carboxylic acids is 1. The molecule has 31 heavy (non-hydrogen) atoms. The summed E-state index contributed by atoms with van der Waals surface area (Å²) in [6, 6.07) is 7.87. The largest absolute Gasteiger partial charge is 0.376 e. The van der Waals surface area contributed by atoms with Crippen LogP contribution in [-0.2, 0) is 14.6 Å². The van der Waals surface area contributed by atoms with Crippen LogP contribution in [0.3, 0.4) is 0 Å². The third-order valence-electron chi connectivity index (χ3n) is 5.12. The molecular weight excluding hydrogens is 446 g/mol. The summed E-state index contributed by atoms with van der Waals surface area (Å²) in [4.78, 5) is 19.0. The lowest BCUT2D eigenvalue weighted by molar-refractivity contribution is 0.0915. The van der Waals surface area contributed by atoms with E-state index < -0.39 is 27.4 Å². The lowest BCUT2D eigenvalue weighted by Gasteiger charge is -2.24. The number of anilines is 1. The molecule has 2 heterocycles. The summed E-state index contributed by atoms with van der Waals surface area (Å²) in [6.45, 7) is 2.20. The minimum absolute atomic E-state index is 0.00764. The molecule has 0 bridgehead atoms. The predicted octanol–water partition coefficient (Wildman–Crippen LogP) is 4.19. The molecule has 0 N–H and O–H groups in total.